The van der Waals surface area contributed by atoms with Crippen molar-refractivity contribution in [2.75, 3.05) is 0 Å². The Morgan fingerprint density at radius 3 is 2.74 bits per heavy atom. The van der Waals surface area contributed by atoms with Crippen molar-refractivity contribution in [1.82, 2.24) is 9.97 Å². The summed E-state index contributed by atoms with van der Waals surface area (Å²) in [4.78, 5) is 18.0. The predicted molar refractivity (Wildman–Crippen MR) is 64.7 cm³/mol. The molecule has 0 N–H and O–H groups in total. The average Bonchev–Trinajstić information content (AvgIpc) is 2.39. The lowest BCUT2D eigenvalue weighted by Gasteiger charge is -2.05. The first kappa shape index (κ1) is 12.4. The third-order valence-corrected chi connectivity index (χ3v) is 2.27. The van der Waals surface area contributed by atoms with Crippen molar-refractivity contribution in [3.8, 4) is 17.7 Å². The second-order valence-electron chi connectivity index (χ2n) is 3.68. The molecule has 0 aliphatic rings. The molecular formula is C12H8N4O3. The molecule has 0 saturated heterocycles. The first-order chi connectivity index (χ1) is 9.10. The highest BCUT2D eigenvalue weighted by atomic mass is 16.6. The van der Waals surface area contributed by atoms with Crippen molar-refractivity contribution in [2.45, 2.75) is 6.92 Å². The van der Waals surface area contributed by atoms with Crippen LogP contribution < -0.4 is 4.74 Å². The van der Waals surface area contributed by atoms with Crippen LogP contribution in [0, 0.1) is 28.4 Å². The molecule has 0 amide bonds. The number of ether oxygens (including phenoxy) is 1. The maximum Gasteiger partial charge on any atom is 0.311 e. The Morgan fingerprint density at radius 1 is 1.37 bits per heavy atom. The minimum Gasteiger partial charge on any atom is -0.430 e. The highest BCUT2D eigenvalue weighted by Crippen LogP contribution is 2.30. The van der Waals surface area contributed by atoms with Gasteiger partial charge < -0.3 is 4.74 Å². The summed E-state index contributed by atoms with van der Waals surface area (Å²) in [6.07, 6.45) is 2.47. The molecule has 0 unspecified atom stereocenters. The Morgan fingerprint density at radius 2 is 2.16 bits per heavy atom. The number of hydrogen-bond donors (Lipinski definition) is 0. The van der Waals surface area contributed by atoms with E-state index in [4.69, 9.17) is 10.00 Å². The molecule has 1 heterocycles. The first-order valence-electron chi connectivity index (χ1n) is 5.25. The van der Waals surface area contributed by atoms with Gasteiger partial charge in [-0.25, -0.2) is 9.97 Å². The Labute approximate surface area is 108 Å². The number of nitro groups is 1. The van der Waals surface area contributed by atoms with Gasteiger partial charge in [-0.3, -0.25) is 10.1 Å². The second-order valence-corrected chi connectivity index (χ2v) is 3.68. The van der Waals surface area contributed by atoms with Gasteiger partial charge in [-0.05, 0) is 18.6 Å². The van der Waals surface area contributed by atoms with Gasteiger partial charge in [0.15, 0.2) is 5.69 Å². The van der Waals surface area contributed by atoms with E-state index in [9.17, 15) is 10.1 Å². The lowest BCUT2D eigenvalue weighted by molar-refractivity contribution is -0.385. The lowest BCUT2D eigenvalue weighted by atomic mass is 10.2. The van der Waals surface area contributed by atoms with Gasteiger partial charge in [-0.2, -0.15) is 5.26 Å². The van der Waals surface area contributed by atoms with Crippen molar-refractivity contribution in [3.05, 3.63) is 52.0 Å². The molecule has 7 heteroatoms. The van der Waals surface area contributed by atoms with Gasteiger partial charge in [-0.15, -0.1) is 0 Å². The number of nitriles is 1. The Bertz CT molecular complexity index is 662. The molecule has 1 aromatic heterocycles. The fraction of sp³-hybridized carbons (Fsp3) is 0.0833. The summed E-state index contributed by atoms with van der Waals surface area (Å²) in [5.74, 6) is 0.178. The molecule has 0 aliphatic carbocycles. The normalized spacial score (nSPS) is 9.68. The van der Waals surface area contributed by atoms with E-state index in [1.165, 1.54) is 24.5 Å². The number of rotatable bonds is 3. The standard InChI is InChI=1S/C12H8N4O3/c1-8-2-3-10(16(17)18)11(4-8)19-12-7-14-9(5-13)6-15-12/h2-4,6-7H,1H3. The second kappa shape index (κ2) is 5.10. The van der Waals surface area contributed by atoms with Crippen LogP contribution in [0.5, 0.6) is 11.6 Å². The molecule has 0 aliphatic heterocycles. The van der Waals surface area contributed by atoms with Crippen LogP contribution in [0.2, 0.25) is 0 Å². The quantitative estimate of drug-likeness (QED) is 0.617. The summed E-state index contributed by atoms with van der Waals surface area (Å²) in [5.41, 5.74) is 0.810. The summed E-state index contributed by atoms with van der Waals surface area (Å²) in [7, 11) is 0. The van der Waals surface area contributed by atoms with Crippen molar-refractivity contribution in [1.29, 1.82) is 5.26 Å². The Kier molecular flexibility index (Phi) is 3.34. The Hall–Kier alpha value is -3.01. The highest BCUT2D eigenvalue weighted by molar-refractivity contribution is 5.49. The molecule has 1 aromatic carbocycles. The van der Waals surface area contributed by atoms with Crippen LogP contribution in [0.3, 0.4) is 0 Å². The van der Waals surface area contributed by atoms with Gasteiger partial charge in [0.1, 0.15) is 6.07 Å². The van der Waals surface area contributed by atoms with Crippen LogP contribution in [-0.2, 0) is 0 Å². The van der Waals surface area contributed by atoms with Crippen LogP contribution in [0.4, 0.5) is 5.69 Å². The van der Waals surface area contributed by atoms with Crippen LogP contribution in [-0.4, -0.2) is 14.9 Å². The molecular weight excluding hydrogens is 248 g/mol. The van der Waals surface area contributed by atoms with Gasteiger partial charge >= 0.3 is 5.69 Å². The van der Waals surface area contributed by atoms with Crippen LogP contribution in [0.1, 0.15) is 11.3 Å². The minimum absolute atomic E-state index is 0.0870. The van der Waals surface area contributed by atoms with Gasteiger partial charge in [0, 0.05) is 6.07 Å². The van der Waals surface area contributed by atoms with E-state index in [0.29, 0.717) is 0 Å². The van der Waals surface area contributed by atoms with Crippen LogP contribution in [0.15, 0.2) is 30.6 Å². The molecule has 0 atom stereocenters. The zero-order chi connectivity index (χ0) is 13.8. The van der Waals surface area contributed by atoms with E-state index in [1.807, 2.05) is 6.07 Å². The minimum atomic E-state index is -0.536. The fourth-order valence-corrected chi connectivity index (χ4v) is 1.39. The molecule has 0 fully saturated rings. The molecule has 0 bridgehead atoms. The molecule has 2 aromatic rings. The highest BCUT2D eigenvalue weighted by Gasteiger charge is 2.16. The monoisotopic (exact) mass is 256 g/mol. The molecule has 94 valence electrons. The van der Waals surface area contributed by atoms with E-state index >= 15 is 0 Å². The van der Waals surface area contributed by atoms with Gasteiger partial charge in [-0.1, -0.05) is 6.07 Å². The lowest BCUT2D eigenvalue weighted by Crippen LogP contribution is -1.96. The van der Waals surface area contributed by atoms with Crippen molar-refractivity contribution in [2.24, 2.45) is 0 Å². The molecule has 19 heavy (non-hydrogen) atoms. The summed E-state index contributed by atoms with van der Waals surface area (Å²) >= 11 is 0. The fourth-order valence-electron chi connectivity index (χ4n) is 1.39. The van der Waals surface area contributed by atoms with Crippen molar-refractivity contribution >= 4 is 5.69 Å². The third kappa shape index (κ3) is 2.81. The topological polar surface area (TPSA) is 102 Å². The van der Waals surface area contributed by atoms with E-state index in [1.54, 1.807) is 13.0 Å². The maximum atomic E-state index is 10.9. The number of hydrogen-bond acceptors (Lipinski definition) is 6. The van der Waals surface area contributed by atoms with E-state index < -0.39 is 4.92 Å². The molecule has 7 nitrogen and oxygen atoms in total. The van der Waals surface area contributed by atoms with Crippen molar-refractivity contribution < 1.29 is 9.66 Å². The van der Waals surface area contributed by atoms with E-state index in [0.717, 1.165) is 5.56 Å². The zero-order valence-corrected chi connectivity index (χ0v) is 9.90. The first-order valence-corrected chi connectivity index (χ1v) is 5.25. The number of nitrogens with zero attached hydrogens (tertiary/aromatic N) is 4. The van der Waals surface area contributed by atoms with E-state index in [-0.39, 0.29) is 23.0 Å². The zero-order valence-electron chi connectivity index (χ0n) is 9.90. The van der Waals surface area contributed by atoms with Gasteiger partial charge in [0.05, 0.1) is 17.3 Å². The van der Waals surface area contributed by atoms with Crippen LogP contribution >= 0.6 is 0 Å². The maximum absolute atomic E-state index is 10.9. The SMILES string of the molecule is Cc1ccc([N+](=O)[O-])c(Oc2cnc(C#N)cn2)c1. The number of aromatic nitrogens is 2. The average molecular weight is 256 g/mol. The van der Waals surface area contributed by atoms with Gasteiger partial charge in [0.2, 0.25) is 11.6 Å². The molecule has 0 radical (unpaired) electrons. The molecule has 0 saturated carbocycles. The number of aryl methyl sites for hydroxylation is 1. The largest absolute Gasteiger partial charge is 0.430 e. The Balaban J connectivity index is 2.34. The van der Waals surface area contributed by atoms with Gasteiger partial charge in [0.25, 0.3) is 0 Å². The molecule has 0 spiro atoms. The summed E-state index contributed by atoms with van der Waals surface area (Å²) in [6, 6.07) is 6.34. The summed E-state index contributed by atoms with van der Waals surface area (Å²) < 4.78 is 5.33. The number of benzene rings is 1. The summed E-state index contributed by atoms with van der Waals surface area (Å²) in [6.45, 7) is 1.79. The summed E-state index contributed by atoms with van der Waals surface area (Å²) in [5, 5.41) is 19.5. The predicted octanol–water partition coefficient (Wildman–Crippen LogP) is 2.36. The third-order valence-electron chi connectivity index (χ3n) is 2.27. The van der Waals surface area contributed by atoms with Crippen LogP contribution in [0.25, 0.3) is 0 Å². The smallest absolute Gasteiger partial charge is 0.311 e. The molecule has 2 rings (SSSR count). The number of nitro benzene ring substituents is 1. The van der Waals surface area contributed by atoms with Crippen molar-refractivity contribution in [3.63, 3.8) is 0 Å². The van der Waals surface area contributed by atoms with E-state index in [2.05, 4.69) is 9.97 Å².